The smallest absolute Gasteiger partial charge is 0.180 e. The lowest BCUT2D eigenvalue weighted by atomic mass is 10.4. The topological polar surface area (TPSA) is 139 Å². The quantitative estimate of drug-likeness (QED) is 0.107. The third-order valence-electron chi connectivity index (χ3n) is 4.43. The molecule has 0 amide bonds. The Morgan fingerprint density at radius 3 is 1.14 bits per heavy atom. The number of imidazole rings is 2. The van der Waals surface area contributed by atoms with Crippen LogP contribution in [0.1, 0.15) is 0 Å². The highest BCUT2D eigenvalue weighted by molar-refractivity contribution is 7.07. The molecule has 0 aliphatic rings. The largest absolute Gasteiger partial charge is 0.619 e. The summed E-state index contributed by atoms with van der Waals surface area (Å²) >= 11 is 3.31. The van der Waals surface area contributed by atoms with Crippen LogP contribution in [0.4, 0.5) is 0 Å². The first kappa shape index (κ1) is 40.7. The maximum atomic E-state index is 10.2. The zero-order valence-electron chi connectivity index (χ0n) is 26.7. The zero-order valence-corrected chi connectivity index (χ0v) is 28.4. The Kier molecular flexibility index (Phi) is 30.0. The Hall–Kier alpha value is -6.37. The van der Waals surface area contributed by atoms with Gasteiger partial charge >= 0.3 is 0 Å². The number of H-pyrrole nitrogens is 3. The molecule has 0 unspecified atom stereocenters. The second-order valence-electron chi connectivity index (χ2n) is 8.08. The van der Waals surface area contributed by atoms with Crippen molar-refractivity contribution >= 4 is 22.7 Å². The van der Waals surface area contributed by atoms with E-state index in [0.29, 0.717) is 0 Å². The van der Waals surface area contributed by atoms with Gasteiger partial charge in [-0.15, -0.1) is 11.3 Å². The first-order valence-electron chi connectivity index (χ1n) is 14.6. The van der Waals surface area contributed by atoms with Crippen LogP contribution in [-0.4, -0.2) is 34.9 Å². The second-order valence-corrected chi connectivity index (χ2v) is 9.65. The summed E-state index contributed by atoms with van der Waals surface area (Å²) in [6.45, 7) is 0. The van der Waals surface area contributed by atoms with Gasteiger partial charge in [-0.3, -0.25) is 9.97 Å². The number of benzene rings is 1. The maximum absolute atomic E-state index is 10.2. The zero-order chi connectivity index (χ0) is 34.8. The fourth-order valence-electron chi connectivity index (χ4n) is 2.42. The van der Waals surface area contributed by atoms with Crippen LogP contribution < -0.4 is 4.73 Å². The van der Waals surface area contributed by atoms with Crippen molar-refractivity contribution in [3.63, 3.8) is 0 Å². The Morgan fingerprint density at radius 2 is 0.959 bits per heavy atom. The van der Waals surface area contributed by atoms with Gasteiger partial charge in [0.05, 0.1) is 30.7 Å². The molecule has 0 aliphatic heterocycles. The number of furan rings is 1. The van der Waals surface area contributed by atoms with E-state index in [1.165, 1.54) is 12.4 Å². The van der Waals surface area contributed by atoms with E-state index >= 15 is 0 Å². The van der Waals surface area contributed by atoms with Crippen molar-refractivity contribution in [3.05, 3.63) is 229 Å². The molecule has 12 heteroatoms. The summed E-state index contributed by atoms with van der Waals surface area (Å²) in [6.07, 6.45) is 25.3. The van der Waals surface area contributed by atoms with Crippen molar-refractivity contribution in [2.45, 2.75) is 0 Å². The summed E-state index contributed by atoms with van der Waals surface area (Å²) in [4.78, 5) is 23.2. The Morgan fingerprint density at radius 1 is 0.429 bits per heavy atom. The molecule has 0 saturated heterocycles. The van der Waals surface area contributed by atoms with Crippen LogP contribution >= 0.6 is 22.7 Å². The first-order chi connectivity index (χ1) is 24.4. The predicted molar refractivity (Wildman–Crippen MR) is 199 cm³/mol. The minimum Gasteiger partial charge on any atom is -0.619 e. The normalized spacial score (nSPS) is 8.08. The summed E-state index contributed by atoms with van der Waals surface area (Å²) in [7, 11) is 0. The highest BCUT2D eigenvalue weighted by atomic mass is 32.1. The van der Waals surface area contributed by atoms with E-state index in [9.17, 15) is 5.21 Å². The molecule has 0 fully saturated rings. The van der Waals surface area contributed by atoms with Gasteiger partial charge in [-0.05, 0) is 47.2 Å². The van der Waals surface area contributed by atoms with Crippen molar-refractivity contribution in [1.82, 2.24) is 34.9 Å². The van der Waals surface area contributed by atoms with E-state index in [1.54, 1.807) is 115 Å². The van der Waals surface area contributed by atoms with Gasteiger partial charge in [-0.1, -0.05) is 60.7 Å². The van der Waals surface area contributed by atoms with Gasteiger partial charge in [0.25, 0.3) is 0 Å². The number of pyridine rings is 2. The van der Waals surface area contributed by atoms with Crippen molar-refractivity contribution in [3.8, 4) is 0 Å². The lowest BCUT2D eigenvalue weighted by molar-refractivity contribution is -0.605. The van der Waals surface area contributed by atoms with Crippen LogP contribution in [0.15, 0.2) is 229 Å². The van der Waals surface area contributed by atoms with E-state index in [4.69, 9.17) is 0 Å². The van der Waals surface area contributed by atoms with Crippen LogP contribution in [0.5, 0.6) is 0 Å². The molecular formula is C37H40N8O2S2. The fraction of sp³-hybridized carbons (Fsp3) is 0. The van der Waals surface area contributed by atoms with Gasteiger partial charge in [0.15, 0.2) is 12.4 Å². The number of hydrogen-bond donors (Lipinski definition) is 3. The molecule has 0 atom stereocenters. The van der Waals surface area contributed by atoms with Gasteiger partial charge in [0.2, 0.25) is 0 Å². The standard InChI is InChI=1S/C6H6.C5H5NO.C5H5N.C4H5N.C4H4O.C4H4S.2C3H4N2.C3H3NS/c1-2-4-6-5-3-1;7-6-4-2-1-3-5-6;1-2-4-6-5-3-1;3*1-2-4-5-3-1;3*1-2-5-3-4-1/h1-6H;1-5H;1-5H;1-5H;2*1-4H;2*1-3H,(H,4,5);1-3H. The van der Waals surface area contributed by atoms with E-state index in [0.717, 1.165) is 4.73 Å². The average molecular weight is 693 g/mol. The van der Waals surface area contributed by atoms with E-state index in [1.807, 2.05) is 120 Å². The summed E-state index contributed by atoms with van der Waals surface area (Å²) in [6, 6.07) is 34.5. The van der Waals surface area contributed by atoms with Crippen LogP contribution in [0.2, 0.25) is 0 Å². The van der Waals surface area contributed by atoms with Gasteiger partial charge < -0.3 is 24.6 Å². The predicted octanol–water partition coefficient (Wildman–Crippen LogP) is 9.09. The van der Waals surface area contributed by atoms with Crippen LogP contribution in [0, 0.1) is 5.21 Å². The highest BCUT2D eigenvalue weighted by Gasteiger charge is 1.75. The minimum atomic E-state index is 0.750. The van der Waals surface area contributed by atoms with Crippen molar-refractivity contribution in [1.29, 1.82) is 0 Å². The molecule has 8 aromatic heterocycles. The molecule has 252 valence electrons. The molecule has 9 aromatic rings. The molecule has 49 heavy (non-hydrogen) atoms. The molecule has 8 heterocycles. The summed E-state index contributed by atoms with van der Waals surface area (Å²) in [5, 5.41) is 16.2. The first-order valence-corrected chi connectivity index (χ1v) is 16.5. The van der Waals surface area contributed by atoms with Crippen LogP contribution in [0.3, 0.4) is 0 Å². The number of thiazole rings is 1. The van der Waals surface area contributed by atoms with Gasteiger partial charge in [0.1, 0.15) is 0 Å². The number of nitrogens with zero attached hydrogens (tertiary/aromatic N) is 5. The summed E-state index contributed by atoms with van der Waals surface area (Å²) in [5.74, 6) is 0. The molecular weight excluding hydrogens is 653 g/mol. The maximum Gasteiger partial charge on any atom is 0.180 e. The average Bonchev–Trinajstić information content (AvgIpc) is 4.05. The van der Waals surface area contributed by atoms with Gasteiger partial charge in [0, 0.05) is 73.3 Å². The molecule has 0 spiro atoms. The third kappa shape index (κ3) is 34.3. The molecule has 0 aliphatic carbocycles. The minimum absolute atomic E-state index is 0.750. The molecule has 3 N–H and O–H groups in total. The molecule has 9 rings (SSSR count). The lowest BCUT2D eigenvalue weighted by Crippen LogP contribution is -2.22. The van der Waals surface area contributed by atoms with Gasteiger partial charge in [-0.2, -0.15) is 16.1 Å². The van der Waals surface area contributed by atoms with E-state index in [-0.39, 0.29) is 0 Å². The number of thiophene rings is 1. The number of rotatable bonds is 0. The Bertz CT molecular complexity index is 1250. The van der Waals surface area contributed by atoms with Gasteiger partial charge in [-0.25, -0.2) is 9.97 Å². The Balaban J connectivity index is 0.000000276. The van der Waals surface area contributed by atoms with E-state index < -0.39 is 0 Å². The number of aromatic nitrogens is 8. The monoisotopic (exact) mass is 692 g/mol. The molecule has 10 nitrogen and oxygen atoms in total. The molecule has 1 aromatic carbocycles. The fourth-order valence-corrected chi connectivity index (χ4v) is 3.22. The molecule has 0 bridgehead atoms. The van der Waals surface area contributed by atoms with Crippen LogP contribution in [-0.2, 0) is 0 Å². The summed E-state index contributed by atoms with van der Waals surface area (Å²) in [5.41, 5.74) is 1.79. The van der Waals surface area contributed by atoms with E-state index in [2.05, 4.69) is 39.3 Å². The Labute approximate surface area is 295 Å². The number of aromatic amines is 3. The second kappa shape index (κ2) is 36.1. The van der Waals surface area contributed by atoms with Crippen molar-refractivity contribution < 1.29 is 9.15 Å². The summed E-state index contributed by atoms with van der Waals surface area (Å²) < 4.78 is 5.33. The van der Waals surface area contributed by atoms with Crippen LogP contribution in [0.25, 0.3) is 0 Å². The van der Waals surface area contributed by atoms with Crippen molar-refractivity contribution in [2.75, 3.05) is 0 Å². The van der Waals surface area contributed by atoms with Crippen molar-refractivity contribution in [2.24, 2.45) is 0 Å². The number of hydrogen-bond acceptors (Lipinski definition) is 8. The molecule has 0 radical (unpaired) electrons. The third-order valence-corrected chi connectivity index (χ3v) is 5.58. The SMILES string of the molecule is [O-][n+]1ccccc1.c1c[nH]cn1.c1c[nH]cn1.c1cc[nH]c1.c1ccccc1.c1ccncc1.c1ccoc1.c1ccsc1.c1cscn1. The number of nitrogens with one attached hydrogen (secondary N) is 3. The highest BCUT2D eigenvalue weighted by Crippen LogP contribution is 1.91. The lowest BCUT2D eigenvalue weighted by Gasteiger charge is -1.88. The molecule has 0 saturated carbocycles.